The Bertz CT molecular complexity index is 571. The van der Waals surface area contributed by atoms with Gasteiger partial charge in [-0.05, 0) is 92.0 Å². The molecule has 0 aromatic carbocycles. The zero-order valence-corrected chi connectivity index (χ0v) is 19.3. The van der Waals surface area contributed by atoms with E-state index in [2.05, 4.69) is 33.1 Å². The number of carbonyl (C=O) groups is 1. The molecule has 0 spiro atoms. The molecule has 0 unspecified atom stereocenters. The second-order valence-corrected chi connectivity index (χ2v) is 10.0. The smallest absolute Gasteiger partial charge is 0.261 e. The van der Waals surface area contributed by atoms with Crippen LogP contribution in [0.5, 0.6) is 0 Å². The van der Waals surface area contributed by atoms with Crippen molar-refractivity contribution in [1.82, 2.24) is 10.6 Å². The topological polar surface area (TPSA) is 50.4 Å². The zero-order chi connectivity index (χ0) is 20.0. The fourth-order valence-electron chi connectivity index (χ4n) is 3.55. The summed E-state index contributed by atoms with van der Waals surface area (Å²) >= 11 is 4.88. The van der Waals surface area contributed by atoms with Crippen molar-refractivity contribution >= 4 is 33.2 Å². The molecular weight excluding hydrogens is 436 g/mol. The predicted octanol–water partition coefficient (Wildman–Crippen LogP) is 5.54. The van der Waals surface area contributed by atoms with Gasteiger partial charge in [-0.15, -0.1) is 17.9 Å². The van der Waals surface area contributed by atoms with Crippen molar-refractivity contribution < 1.29 is 9.53 Å². The van der Waals surface area contributed by atoms with Gasteiger partial charge < -0.3 is 15.4 Å². The van der Waals surface area contributed by atoms with Crippen LogP contribution in [0.4, 0.5) is 0 Å². The highest BCUT2D eigenvalue weighted by molar-refractivity contribution is 9.11. The SMILES string of the molecule is C=CCCNCCCCCCOC1CCC(CNC(=O)c2ccc(Br)s2)CC1. The first-order chi connectivity index (χ1) is 13.7. The van der Waals surface area contributed by atoms with Crippen LogP contribution in [-0.2, 0) is 4.74 Å². The summed E-state index contributed by atoms with van der Waals surface area (Å²) in [6, 6.07) is 3.79. The average molecular weight is 472 g/mol. The quantitative estimate of drug-likeness (QED) is 0.277. The molecule has 6 heteroatoms. The molecule has 0 saturated heterocycles. The van der Waals surface area contributed by atoms with Crippen LogP contribution in [0, 0.1) is 5.92 Å². The molecule has 4 nitrogen and oxygen atoms in total. The van der Waals surface area contributed by atoms with Crippen LogP contribution in [-0.4, -0.2) is 38.3 Å². The number of thiophene rings is 1. The highest BCUT2D eigenvalue weighted by Crippen LogP contribution is 2.26. The van der Waals surface area contributed by atoms with Crippen molar-refractivity contribution in [2.75, 3.05) is 26.2 Å². The molecule has 1 amide bonds. The third-order valence-corrected chi connectivity index (χ3v) is 6.89. The first kappa shape index (κ1) is 23.6. The van der Waals surface area contributed by atoms with Gasteiger partial charge in [-0.3, -0.25) is 4.79 Å². The van der Waals surface area contributed by atoms with Crippen molar-refractivity contribution in [3.8, 4) is 0 Å². The van der Waals surface area contributed by atoms with Crippen molar-refractivity contribution in [1.29, 1.82) is 0 Å². The summed E-state index contributed by atoms with van der Waals surface area (Å²) in [5.74, 6) is 0.630. The Morgan fingerprint density at radius 3 is 2.68 bits per heavy atom. The fraction of sp³-hybridized carbons (Fsp3) is 0.682. The summed E-state index contributed by atoms with van der Waals surface area (Å²) in [7, 11) is 0. The molecule has 1 saturated carbocycles. The van der Waals surface area contributed by atoms with Gasteiger partial charge in [-0.25, -0.2) is 0 Å². The number of rotatable bonds is 14. The van der Waals surface area contributed by atoms with Gasteiger partial charge in [0.05, 0.1) is 14.8 Å². The van der Waals surface area contributed by atoms with Crippen LogP contribution < -0.4 is 10.6 Å². The summed E-state index contributed by atoms with van der Waals surface area (Å²) in [6.45, 7) is 7.56. The van der Waals surface area contributed by atoms with Gasteiger partial charge in [0.15, 0.2) is 0 Å². The lowest BCUT2D eigenvalue weighted by atomic mass is 9.87. The molecule has 0 aliphatic heterocycles. The molecule has 1 heterocycles. The second kappa shape index (κ2) is 14.3. The zero-order valence-electron chi connectivity index (χ0n) is 16.9. The summed E-state index contributed by atoms with van der Waals surface area (Å²) in [5.41, 5.74) is 0. The van der Waals surface area contributed by atoms with Gasteiger partial charge in [0.25, 0.3) is 5.91 Å². The van der Waals surface area contributed by atoms with Crippen LogP contribution >= 0.6 is 27.3 Å². The van der Waals surface area contributed by atoms with Gasteiger partial charge in [0.1, 0.15) is 0 Å². The number of hydrogen-bond acceptors (Lipinski definition) is 4. The van der Waals surface area contributed by atoms with E-state index >= 15 is 0 Å². The Morgan fingerprint density at radius 1 is 1.18 bits per heavy atom. The Morgan fingerprint density at radius 2 is 1.96 bits per heavy atom. The molecule has 2 rings (SSSR count). The molecule has 0 radical (unpaired) electrons. The summed E-state index contributed by atoms with van der Waals surface area (Å²) in [5, 5.41) is 6.51. The number of ether oxygens (including phenoxy) is 1. The fourth-order valence-corrected chi connectivity index (χ4v) is 4.85. The van der Waals surface area contributed by atoms with Crippen molar-refractivity contribution in [3.05, 3.63) is 33.5 Å². The maximum absolute atomic E-state index is 12.1. The van der Waals surface area contributed by atoms with Gasteiger partial charge in [0, 0.05) is 13.2 Å². The lowest BCUT2D eigenvalue weighted by Crippen LogP contribution is -2.32. The predicted molar refractivity (Wildman–Crippen MR) is 122 cm³/mol. The first-order valence-corrected chi connectivity index (χ1v) is 12.3. The number of halogens is 1. The number of nitrogens with one attached hydrogen (secondary N) is 2. The standard InChI is InChI=1S/C22H35BrN2O2S/c1-2-3-14-24-15-6-4-5-7-16-27-19-10-8-18(9-11-19)17-25-22(26)20-12-13-21(23)28-20/h2,12-13,18-19,24H,1,3-11,14-17H2,(H,25,26). The van der Waals surface area contributed by atoms with E-state index in [0.717, 1.165) is 67.0 Å². The number of hydrogen-bond donors (Lipinski definition) is 2. The van der Waals surface area contributed by atoms with Gasteiger partial charge >= 0.3 is 0 Å². The maximum Gasteiger partial charge on any atom is 0.261 e. The van der Waals surface area contributed by atoms with Gasteiger partial charge in [-0.1, -0.05) is 18.9 Å². The summed E-state index contributed by atoms with van der Waals surface area (Å²) in [6.07, 6.45) is 12.9. The van der Waals surface area contributed by atoms with Crippen LogP contribution in [0.1, 0.15) is 67.5 Å². The van der Waals surface area contributed by atoms with E-state index < -0.39 is 0 Å². The highest BCUT2D eigenvalue weighted by atomic mass is 79.9. The Labute approximate surface area is 182 Å². The van der Waals surface area contributed by atoms with E-state index in [4.69, 9.17) is 4.74 Å². The molecule has 1 aliphatic carbocycles. The van der Waals surface area contributed by atoms with Crippen LogP contribution in [0.3, 0.4) is 0 Å². The van der Waals surface area contributed by atoms with Crippen molar-refractivity contribution in [2.24, 2.45) is 5.92 Å². The first-order valence-electron chi connectivity index (χ1n) is 10.7. The van der Waals surface area contributed by atoms with E-state index in [0.29, 0.717) is 12.0 Å². The monoisotopic (exact) mass is 470 g/mol. The summed E-state index contributed by atoms with van der Waals surface area (Å²) in [4.78, 5) is 12.9. The summed E-state index contributed by atoms with van der Waals surface area (Å²) < 4.78 is 7.07. The molecule has 0 bridgehead atoms. The molecule has 1 aliphatic rings. The second-order valence-electron chi connectivity index (χ2n) is 7.57. The van der Waals surface area contributed by atoms with Crippen molar-refractivity contribution in [2.45, 2.75) is 63.9 Å². The van der Waals surface area contributed by atoms with E-state index in [-0.39, 0.29) is 5.91 Å². The third-order valence-electron chi connectivity index (χ3n) is 5.27. The molecule has 2 N–H and O–H groups in total. The molecule has 1 fully saturated rings. The van der Waals surface area contributed by atoms with Crippen LogP contribution in [0.2, 0.25) is 0 Å². The van der Waals surface area contributed by atoms with E-state index in [1.54, 1.807) is 0 Å². The molecule has 158 valence electrons. The van der Waals surface area contributed by atoms with Crippen LogP contribution in [0.25, 0.3) is 0 Å². The Balaban J connectivity index is 1.43. The maximum atomic E-state index is 12.1. The minimum atomic E-state index is 0.0463. The normalized spacial score (nSPS) is 19.5. The average Bonchev–Trinajstić information content (AvgIpc) is 3.15. The molecule has 0 atom stereocenters. The Kier molecular flexibility index (Phi) is 12.1. The van der Waals surface area contributed by atoms with E-state index in [1.807, 2.05) is 18.2 Å². The molecule has 28 heavy (non-hydrogen) atoms. The highest BCUT2D eigenvalue weighted by Gasteiger charge is 2.22. The van der Waals surface area contributed by atoms with Crippen molar-refractivity contribution in [3.63, 3.8) is 0 Å². The van der Waals surface area contributed by atoms with Gasteiger partial charge in [0.2, 0.25) is 0 Å². The number of unbranched alkanes of at least 4 members (excludes halogenated alkanes) is 3. The lowest BCUT2D eigenvalue weighted by molar-refractivity contribution is 0.0163. The molecule has 1 aromatic heterocycles. The van der Waals surface area contributed by atoms with E-state index in [1.165, 1.54) is 37.0 Å². The minimum Gasteiger partial charge on any atom is -0.378 e. The van der Waals surface area contributed by atoms with Gasteiger partial charge in [-0.2, -0.15) is 0 Å². The van der Waals surface area contributed by atoms with Crippen LogP contribution in [0.15, 0.2) is 28.6 Å². The van der Waals surface area contributed by atoms with E-state index in [9.17, 15) is 4.79 Å². The minimum absolute atomic E-state index is 0.0463. The number of carbonyl (C=O) groups excluding carboxylic acids is 1. The molecular formula is C22H35BrN2O2S. The lowest BCUT2D eigenvalue weighted by Gasteiger charge is -2.28. The Hall–Kier alpha value is -0.690. The number of amides is 1. The largest absolute Gasteiger partial charge is 0.378 e. The molecule has 1 aromatic rings. The third kappa shape index (κ3) is 9.68.